The number of phenolic OH excluding ortho intramolecular Hbond substituents is 1. The van der Waals surface area contributed by atoms with Crippen molar-refractivity contribution in [2.45, 2.75) is 37.6 Å². The van der Waals surface area contributed by atoms with Crippen LogP contribution in [-0.4, -0.2) is 88.6 Å². The second-order valence-electron chi connectivity index (χ2n) is 8.04. The van der Waals surface area contributed by atoms with Crippen molar-refractivity contribution in [3.63, 3.8) is 0 Å². The fourth-order valence-corrected chi connectivity index (χ4v) is 4.20. The van der Waals surface area contributed by atoms with Gasteiger partial charge in [-0.05, 0) is 24.6 Å². The maximum absolute atomic E-state index is 13.6. The number of aliphatic hydroxyl groups excluding tert-OH is 4. The van der Waals surface area contributed by atoms with Crippen LogP contribution in [0.4, 0.5) is 0 Å². The first-order valence-electron chi connectivity index (χ1n) is 10.3. The molecule has 182 valence electrons. The van der Waals surface area contributed by atoms with Crippen LogP contribution in [0.2, 0.25) is 0 Å². The number of methoxy groups -OCH3 is 2. The fraction of sp³-hybridized carbons (Fsp3) is 0.391. The van der Waals surface area contributed by atoms with E-state index in [9.17, 15) is 35.1 Å². The highest BCUT2D eigenvalue weighted by Crippen LogP contribution is 2.46. The molecule has 5 unspecified atom stereocenters. The highest BCUT2D eigenvalue weighted by atomic mass is 16.7. The molecule has 1 fully saturated rings. The predicted octanol–water partition coefficient (Wildman–Crippen LogP) is -0.328. The number of aryl methyl sites for hydroxylation is 1. The summed E-state index contributed by atoms with van der Waals surface area (Å²) in [6, 6.07) is 4.21. The van der Waals surface area contributed by atoms with Crippen molar-refractivity contribution in [1.29, 1.82) is 0 Å². The predicted molar refractivity (Wildman–Crippen MR) is 114 cm³/mol. The Morgan fingerprint density at radius 1 is 0.853 bits per heavy atom. The smallest absolute Gasteiger partial charge is 0.229 e. The number of hydrogen-bond acceptors (Lipinski definition) is 11. The standard InChI is InChI=1S/C23H24O11/c1-8-4-9-14(10(5-8)31-2)20(28)15-11(6-12(32-3)18(26)16(15)17(9)25)33-23-22(30)21(29)19(27)13(7-24)34-23/h4-6,13,19,21-24,26-27,29-30H,7H2,1-3H3. The van der Waals surface area contributed by atoms with E-state index in [2.05, 4.69) is 0 Å². The monoisotopic (exact) mass is 476 g/mol. The lowest BCUT2D eigenvalue weighted by molar-refractivity contribution is -0.277. The Bertz CT molecular complexity index is 1160. The number of carbonyl (C=O) groups excluding carboxylic acids is 2. The van der Waals surface area contributed by atoms with Crippen LogP contribution in [0.5, 0.6) is 23.0 Å². The fourth-order valence-electron chi connectivity index (χ4n) is 4.20. The molecular weight excluding hydrogens is 452 g/mol. The summed E-state index contributed by atoms with van der Waals surface area (Å²) in [5.74, 6) is -2.29. The van der Waals surface area contributed by atoms with Gasteiger partial charge in [-0.1, -0.05) is 0 Å². The van der Waals surface area contributed by atoms with Crippen molar-refractivity contribution in [1.82, 2.24) is 0 Å². The van der Waals surface area contributed by atoms with Gasteiger partial charge in [0.1, 0.15) is 35.9 Å². The van der Waals surface area contributed by atoms with Crippen LogP contribution in [-0.2, 0) is 4.74 Å². The van der Waals surface area contributed by atoms with E-state index < -0.39 is 54.6 Å². The van der Waals surface area contributed by atoms with Gasteiger partial charge in [0.05, 0.1) is 37.5 Å². The van der Waals surface area contributed by atoms with Gasteiger partial charge >= 0.3 is 0 Å². The van der Waals surface area contributed by atoms with Gasteiger partial charge in [0.25, 0.3) is 0 Å². The summed E-state index contributed by atoms with van der Waals surface area (Å²) in [4.78, 5) is 27.0. The SMILES string of the molecule is COc1cc(OC2OC(CO)C(O)C(O)C2O)c2c(c1O)C(=O)c1cc(C)cc(OC)c1C2=O. The molecular formula is C23H24O11. The zero-order valence-electron chi connectivity index (χ0n) is 18.5. The Hall–Kier alpha value is -3.22. The molecule has 0 radical (unpaired) electrons. The van der Waals surface area contributed by atoms with E-state index in [1.54, 1.807) is 13.0 Å². The van der Waals surface area contributed by atoms with Gasteiger partial charge in [0, 0.05) is 11.6 Å². The maximum Gasteiger partial charge on any atom is 0.229 e. The van der Waals surface area contributed by atoms with E-state index in [0.29, 0.717) is 5.56 Å². The number of rotatable bonds is 5. The van der Waals surface area contributed by atoms with Crippen molar-refractivity contribution in [2.75, 3.05) is 20.8 Å². The number of hydrogen-bond donors (Lipinski definition) is 5. The summed E-state index contributed by atoms with van der Waals surface area (Å²) in [6.45, 7) is 1.03. The van der Waals surface area contributed by atoms with E-state index in [4.69, 9.17) is 18.9 Å². The Balaban J connectivity index is 1.88. The molecule has 0 spiro atoms. The van der Waals surface area contributed by atoms with Crippen LogP contribution < -0.4 is 14.2 Å². The highest BCUT2D eigenvalue weighted by molar-refractivity contribution is 6.31. The third-order valence-electron chi connectivity index (χ3n) is 5.93. The molecule has 5 N–H and O–H groups in total. The van der Waals surface area contributed by atoms with Gasteiger partial charge in [0.15, 0.2) is 17.3 Å². The van der Waals surface area contributed by atoms with E-state index in [1.807, 2.05) is 0 Å². The number of carbonyl (C=O) groups is 2. The zero-order chi connectivity index (χ0) is 24.9. The van der Waals surface area contributed by atoms with Crippen molar-refractivity contribution in [3.05, 3.63) is 46.0 Å². The molecule has 11 nitrogen and oxygen atoms in total. The first kappa shape index (κ1) is 23.9. The second kappa shape index (κ2) is 8.85. The quantitative estimate of drug-likeness (QED) is 0.326. The molecule has 0 amide bonds. The number of benzene rings is 2. The lowest BCUT2D eigenvalue weighted by Crippen LogP contribution is -2.60. The minimum Gasteiger partial charge on any atom is -0.504 e. The van der Waals surface area contributed by atoms with Crippen LogP contribution in [0, 0.1) is 6.92 Å². The summed E-state index contributed by atoms with van der Waals surface area (Å²) in [6.07, 6.45) is -8.03. The Labute approximate surface area is 193 Å². The minimum absolute atomic E-state index is 0.0247. The van der Waals surface area contributed by atoms with E-state index in [1.165, 1.54) is 20.3 Å². The van der Waals surface area contributed by atoms with E-state index in [-0.39, 0.29) is 39.5 Å². The summed E-state index contributed by atoms with van der Waals surface area (Å²) >= 11 is 0. The number of aromatic hydroxyl groups is 1. The molecule has 2 aromatic carbocycles. The van der Waals surface area contributed by atoms with Crippen LogP contribution in [0.25, 0.3) is 0 Å². The number of aliphatic hydroxyl groups is 4. The van der Waals surface area contributed by atoms with Crippen molar-refractivity contribution in [2.24, 2.45) is 0 Å². The molecule has 1 aliphatic carbocycles. The van der Waals surface area contributed by atoms with Crippen LogP contribution in [0.1, 0.15) is 37.4 Å². The molecule has 1 aliphatic heterocycles. The molecule has 4 rings (SSSR count). The normalized spacial score (nSPS) is 26.0. The van der Waals surface area contributed by atoms with E-state index in [0.717, 1.165) is 6.07 Å². The summed E-state index contributed by atoms with van der Waals surface area (Å²) in [7, 11) is 2.58. The average Bonchev–Trinajstić information content (AvgIpc) is 2.82. The molecule has 2 aromatic rings. The third kappa shape index (κ3) is 3.58. The van der Waals surface area contributed by atoms with Gasteiger partial charge in [-0.3, -0.25) is 9.59 Å². The van der Waals surface area contributed by atoms with Gasteiger partial charge in [-0.15, -0.1) is 0 Å². The maximum atomic E-state index is 13.6. The van der Waals surface area contributed by atoms with Crippen molar-refractivity contribution >= 4 is 11.6 Å². The summed E-state index contributed by atoms with van der Waals surface area (Å²) < 4.78 is 21.5. The Morgan fingerprint density at radius 2 is 1.53 bits per heavy atom. The van der Waals surface area contributed by atoms with Crippen LogP contribution in [0.15, 0.2) is 18.2 Å². The molecule has 11 heteroatoms. The molecule has 1 heterocycles. The number of ketones is 2. The molecule has 0 aromatic heterocycles. The van der Waals surface area contributed by atoms with Crippen molar-refractivity contribution < 1.29 is 54.1 Å². The molecule has 1 saturated heterocycles. The topological polar surface area (TPSA) is 172 Å². The Kier molecular flexibility index (Phi) is 6.23. The number of fused-ring (bicyclic) bond motifs is 2. The lowest BCUT2D eigenvalue weighted by Gasteiger charge is -2.40. The van der Waals surface area contributed by atoms with Crippen LogP contribution in [0.3, 0.4) is 0 Å². The molecule has 0 saturated carbocycles. The first-order valence-corrected chi connectivity index (χ1v) is 10.3. The Morgan fingerprint density at radius 3 is 2.15 bits per heavy atom. The summed E-state index contributed by atoms with van der Waals surface area (Å²) in [5, 5.41) is 50.6. The molecule has 5 atom stereocenters. The third-order valence-corrected chi connectivity index (χ3v) is 5.93. The van der Waals surface area contributed by atoms with Gasteiger partial charge < -0.3 is 44.5 Å². The molecule has 0 bridgehead atoms. The number of ether oxygens (including phenoxy) is 4. The van der Waals surface area contributed by atoms with Crippen LogP contribution >= 0.6 is 0 Å². The van der Waals surface area contributed by atoms with Gasteiger partial charge in [-0.2, -0.15) is 0 Å². The van der Waals surface area contributed by atoms with E-state index >= 15 is 0 Å². The highest BCUT2D eigenvalue weighted by Gasteiger charge is 2.46. The molecule has 2 aliphatic rings. The average molecular weight is 476 g/mol. The number of phenols is 1. The first-order chi connectivity index (χ1) is 16.1. The van der Waals surface area contributed by atoms with Gasteiger partial charge in [0.2, 0.25) is 12.1 Å². The zero-order valence-corrected chi connectivity index (χ0v) is 18.5. The lowest BCUT2D eigenvalue weighted by atomic mass is 9.81. The minimum atomic E-state index is -1.77. The largest absolute Gasteiger partial charge is 0.504 e. The summed E-state index contributed by atoms with van der Waals surface area (Å²) in [5.41, 5.74) is -0.0510. The van der Waals surface area contributed by atoms with Crippen molar-refractivity contribution in [3.8, 4) is 23.0 Å². The second-order valence-corrected chi connectivity index (χ2v) is 8.04. The van der Waals surface area contributed by atoms with Gasteiger partial charge in [-0.25, -0.2) is 0 Å². The molecule has 34 heavy (non-hydrogen) atoms.